The summed E-state index contributed by atoms with van der Waals surface area (Å²) in [7, 11) is 3.13. The van der Waals surface area contributed by atoms with Crippen molar-refractivity contribution in [3.63, 3.8) is 0 Å². The van der Waals surface area contributed by atoms with Gasteiger partial charge in [-0.2, -0.15) is 0 Å². The maximum absolute atomic E-state index is 13.8. The number of likely N-dealkylation sites (N-methyl/N-ethyl adjacent to an activating group) is 1. The highest BCUT2D eigenvalue weighted by Crippen LogP contribution is 2.51. The number of benzene rings is 1. The van der Waals surface area contributed by atoms with Gasteiger partial charge in [0.15, 0.2) is 34.7 Å². The van der Waals surface area contributed by atoms with Gasteiger partial charge in [0.05, 0.1) is 17.5 Å². The van der Waals surface area contributed by atoms with Crippen molar-refractivity contribution in [2.24, 2.45) is 35.3 Å². The predicted octanol–water partition coefficient (Wildman–Crippen LogP) is 0.00270. The third kappa shape index (κ3) is 4.11. The number of nitrogens with two attached hydrogens (primary N) is 1. The first-order chi connectivity index (χ1) is 17.4. The number of rotatable bonds is 7. The van der Waals surface area contributed by atoms with E-state index in [-0.39, 0.29) is 24.2 Å². The molecule has 3 aliphatic rings. The molecule has 37 heavy (non-hydrogen) atoms. The summed E-state index contributed by atoms with van der Waals surface area (Å²) in [6.07, 6.45) is 1.32. The average molecular weight is 514 g/mol. The maximum atomic E-state index is 13.8. The van der Waals surface area contributed by atoms with Crippen molar-refractivity contribution in [3.05, 3.63) is 28.8 Å². The van der Waals surface area contributed by atoms with Crippen LogP contribution in [0.4, 0.5) is 0 Å². The van der Waals surface area contributed by atoms with E-state index in [0.29, 0.717) is 18.0 Å². The molecular formula is C27H35N3O7. The number of nitrogens with one attached hydrogen (secondary N) is 1. The summed E-state index contributed by atoms with van der Waals surface area (Å²) in [6, 6.07) is 2.06. The van der Waals surface area contributed by atoms with Crippen LogP contribution < -0.4 is 11.1 Å². The van der Waals surface area contributed by atoms with Crippen LogP contribution in [0.25, 0.3) is 0 Å². The Morgan fingerprint density at radius 3 is 2.49 bits per heavy atom. The normalized spacial score (nSPS) is 32.1. The number of hydrogen-bond donors (Lipinski definition) is 4. The van der Waals surface area contributed by atoms with Crippen molar-refractivity contribution in [1.82, 2.24) is 10.2 Å². The number of aromatic hydroxyl groups is 1. The minimum atomic E-state index is -2.71. The standard InChI is InChI=1S/C27H35N3O7/c1-5-12(2)10-29-11-13-6-7-17(31)19-15(13)8-14-9-16-21(30(3)4)23(33)20(26(28)36)25(35)27(16,37)24(34)18(14)22(19)32/h6-7,12,14,16,18,20-21,29,31,37H,5,8-11H2,1-4H3,(H2,28,36)/t12?,14-,16-,18?,20?,21+,27-/m0/s1. The number of hydrogen-bond acceptors (Lipinski definition) is 9. The number of nitrogens with zero attached hydrogens (tertiary/aromatic N) is 1. The Balaban J connectivity index is 1.76. The second kappa shape index (κ2) is 9.74. The Labute approximate surface area is 215 Å². The third-order valence-electron chi connectivity index (χ3n) is 8.55. The molecular weight excluding hydrogens is 478 g/mol. The first-order valence-corrected chi connectivity index (χ1v) is 12.7. The first kappa shape index (κ1) is 27.1. The highest BCUT2D eigenvalue weighted by atomic mass is 16.3. The van der Waals surface area contributed by atoms with Gasteiger partial charge in [-0.05, 0) is 62.5 Å². The van der Waals surface area contributed by atoms with E-state index in [9.17, 15) is 34.2 Å². The Kier molecular flexibility index (Phi) is 7.13. The summed E-state index contributed by atoms with van der Waals surface area (Å²) in [5, 5.41) is 25.6. The van der Waals surface area contributed by atoms with Gasteiger partial charge in [0, 0.05) is 12.5 Å². The van der Waals surface area contributed by atoms with Crippen molar-refractivity contribution in [3.8, 4) is 5.75 Å². The van der Waals surface area contributed by atoms with Crippen LogP contribution in [0.3, 0.4) is 0 Å². The van der Waals surface area contributed by atoms with E-state index in [4.69, 9.17) is 5.73 Å². The number of phenolic OH excluding ortho intramolecular Hbond substituents is 1. The maximum Gasteiger partial charge on any atom is 0.235 e. The zero-order valence-electron chi connectivity index (χ0n) is 21.6. The number of aliphatic hydroxyl groups is 1. The van der Waals surface area contributed by atoms with Gasteiger partial charge in [0.1, 0.15) is 5.75 Å². The highest BCUT2D eigenvalue weighted by molar-refractivity contribution is 6.32. The molecule has 0 aromatic heterocycles. The number of phenols is 1. The Morgan fingerprint density at radius 2 is 1.89 bits per heavy atom. The summed E-state index contributed by atoms with van der Waals surface area (Å²) in [4.78, 5) is 67.4. The van der Waals surface area contributed by atoms with E-state index in [1.54, 1.807) is 20.2 Å². The van der Waals surface area contributed by atoms with Gasteiger partial charge < -0.3 is 21.3 Å². The van der Waals surface area contributed by atoms with Crippen LogP contribution in [0.1, 0.15) is 48.2 Å². The third-order valence-corrected chi connectivity index (χ3v) is 8.55. The molecule has 0 radical (unpaired) electrons. The Bertz CT molecular complexity index is 1180. The van der Waals surface area contributed by atoms with E-state index in [2.05, 4.69) is 19.2 Å². The molecule has 200 valence electrons. The fourth-order valence-electron chi connectivity index (χ4n) is 6.43. The lowest BCUT2D eigenvalue weighted by molar-refractivity contribution is -0.181. The molecule has 0 saturated heterocycles. The summed E-state index contributed by atoms with van der Waals surface area (Å²) < 4.78 is 0. The van der Waals surface area contributed by atoms with Crippen molar-refractivity contribution >= 4 is 29.0 Å². The molecule has 1 aromatic rings. The van der Waals surface area contributed by atoms with Crippen molar-refractivity contribution in [1.29, 1.82) is 0 Å². The second-order valence-corrected chi connectivity index (χ2v) is 11.0. The summed E-state index contributed by atoms with van der Waals surface area (Å²) in [6.45, 7) is 5.47. The number of carbonyl (C=O) groups excluding carboxylic acids is 5. The van der Waals surface area contributed by atoms with Crippen molar-refractivity contribution in [2.75, 3.05) is 20.6 Å². The van der Waals surface area contributed by atoms with E-state index in [0.717, 1.165) is 18.5 Å². The number of Topliss-reactive ketones (excluding diaryl/α,β-unsaturated/α-hetero) is 4. The molecule has 0 heterocycles. The quantitative estimate of drug-likeness (QED) is 0.367. The molecule has 10 nitrogen and oxygen atoms in total. The highest BCUT2D eigenvalue weighted by Gasteiger charge is 2.69. The predicted molar refractivity (Wildman–Crippen MR) is 133 cm³/mol. The topological polar surface area (TPSA) is 167 Å². The van der Waals surface area contributed by atoms with E-state index in [1.165, 1.54) is 11.0 Å². The van der Waals surface area contributed by atoms with Crippen LogP contribution in [0, 0.1) is 29.6 Å². The number of fused-ring (bicyclic) bond motifs is 3. The number of amides is 1. The van der Waals surface area contributed by atoms with Crippen LogP contribution in [-0.2, 0) is 32.1 Å². The van der Waals surface area contributed by atoms with Crippen LogP contribution in [0.15, 0.2) is 12.1 Å². The first-order valence-electron chi connectivity index (χ1n) is 12.7. The summed E-state index contributed by atoms with van der Waals surface area (Å²) in [5.74, 6) is -9.82. The van der Waals surface area contributed by atoms with Crippen LogP contribution >= 0.6 is 0 Å². The van der Waals surface area contributed by atoms with Crippen molar-refractivity contribution in [2.45, 2.75) is 51.3 Å². The lowest BCUT2D eigenvalue weighted by Crippen LogP contribution is -2.74. The van der Waals surface area contributed by atoms with E-state index in [1.807, 2.05) is 0 Å². The molecule has 5 N–H and O–H groups in total. The van der Waals surface area contributed by atoms with Crippen molar-refractivity contribution < 1.29 is 34.2 Å². The molecule has 7 atom stereocenters. The minimum Gasteiger partial charge on any atom is -0.507 e. The van der Waals surface area contributed by atoms with Crippen LogP contribution in [-0.4, -0.2) is 76.4 Å². The molecule has 4 rings (SSSR count). The lowest BCUT2D eigenvalue weighted by atomic mass is 9.52. The number of primary amides is 1. The van der Waals surface area contributed by atoms with Gasteiger partial charge >= 0.3 is 0 Å². The van der Waals surface area contributed by atoms with Gasteiger partial charge in [-0.15, -0.1) is 0 Å². The fourth-order valence-corrected chi connectivity index (χ4v) is 6.43. The van der Waals surface area contributed by atoms with Crippen LogP contribution in [0.5, 0.6) is 5.75 Å². The van der Waals surface area contributed by atoms with Gasteiger partial charge in [-0.1, -0.05) is 26.3 Å². The van der Waals surface area contributed by atoms with Gasteiger partial charge in [0.25, 0.3) is 0 Å². The molecule has 0 spiro atoms. The molecule has 3 aliphatic carbocycles. The molecule has 1 amide bonds. The van der Waals surface area contributed by atoms with Gasteiger partial charge in [-0.25, -0.2) is 0 Å². The average Bonchev–Trinajstić information content (AvgIpc) is 2.82. The summed E-state index contributed by atoms with van der Waals surface area (Å²) in [5.41, 5.74) is 4.11. The summed E-state index contributed by atoms with van der Waals surface area (Å²) >= 11 is 0. The minimum absolute atomic E-state index is 0.0226. The molecule has 2 fully saturated rings. The van der Waals surface area contributed by atoms with E-state index < -0.39 is 64.4 Å². The smallest absolute Gasteiger partial charge is 0.235 e. The zero-order valence-corrected chi connectivity index (χ0v) is 21.6. The SMILES string of the molecule is CCC(C)CNCc1ccc(O)c2c1C[C@H]1C[C@H]3[C@@H](N(C)C)C(=O)C(C(N)=O)C(=O)[C@@]3(O)C(=O)C1C2=O. The largest absolute Gasteiger partial charge is 0.507 e. The van der Waals surface area contributed by atoms with Gasteiger partial charge in [0.2, 0.25) is 5.91 Å². The molecule has 2 saturated carbocycles. The number of carbonyl (C=O) groups is 5. The molecule has 0 bridgehead atoms. The molecule has 1 aromatic carbocycles. The second-order valence-electron chi connectivity index (χ2n) is 11.0. The molecule has 10 heteroatoms. The van der Waals surface area contributed by atoms with E-state index >= 15 is 0 Å². The Morgan fingerprint density at radius 1 is 1.22 bits per heavy atom. The molecule has 3 unspecified atom stereocenters. The molecule has 0 aliphatic heterocycles. The Hall–Kier alpha value is -2.95. The van der Waals surface area contributed by atoms with Crippen LogP contribution in [0.2, 0.25) is 0 Å². The lowest BCUT2D eigenvalue weighted by Gasteiger charge is -2.52. The fraction of sp³-hybridized carbons (Fsp3) is 0.593. The monoisotopic (exact) mass is 513 g/mol. The number of ketones is 4. The van der Waals surface area contributed by atoms with Gasteiger partial charge in [-0.3, -0.25) is 28.9 Å². The zero-order chi connectivity index (χ0) is 27.4.